The molecule has 0 aliphatic carbocycles. The number of carbonyl (C=O) groups is 2. The smallest absolute Gasteiger partial charge is 0.252 e. The third kappa shape index (κ3) is 5.87. The van der Waals surface area contributed by atoms with Crippen molar-refractivity contribution >= 4 is 34.5 Å². The van der Waals surface area contributed by atoms with Crippen LogP contribution in [0.2, 0.25) is 0 Å². The summed E-state index contributed by atoms with van der Waals surface area (Å²) in [5, 5.41) is 6.97. The number of aromatic nitrogens is 1. The van der Waals surface area contributed by atoms with Gasteiger partial charge in [0.1, 0.15) is 0 Å². The van der Waals surface area contributed by atoms with Crippen LogP contribution in [0.3, 0.4) is 0 Å². The third-order valence-corrected chi connectivity index (χ3v) is 5.80. The van der Waals surface area contributed by atoms with Gasteiger partial charge < -0.3 is 20.4 Å². The summed E-state index contributed by atoms with van der Waals surface area (Å²) in [4.78, 5) is 28.7. The van der Waals surface area contributed by atoms with Crippen molar-refractivity contribution in [3.8, 4) is 0 Å². The molecule has 1 heterocycles. The Labute approximate surface area is 180 Å². The van der Waals surface area contributed by atoms with E-state index in [2.05, 4.69) is 40.7 Å². The molecule has 2 aromatic carbocycles. The van der Waals surface area contributed by atoms with Gasteiger partial charge in [0, 0.05) is 42.2 Å². The monoisotopic (exact) mass is 425 g/mol. The van der Waals surface area contributed by atoms with Gasteiger partial charge >= 0.3 is 0 Å². The van der Waals surface area contributed by atoms with Crippen molar-refractivity contribution in [3.05, 3.63) is 65.4 Å². The first-order valence-electron chi connectivity index (χ1n) is 9.90. The molecule has 0 unspecified atom stereocenters. The molecule has 7 heteroatoms. The van der Waals surface area contributed by atoms with E-state index in [1.807, 2.05) is 24.4 Å². The average Bonchev–Trinajstić information content (AvgIpc) is 3.14. The van der Waals surface area contributed by atoms with Gasteiger partial charge in [0.15, 0.2) is 0 Å². The van der Waals surface area contributed by atoms with E-state index in [1.165, 1.54) is 28.3 Å². The molecule has 30 heavy (non-hydrogen) atoms. The maximum Gasteiger partial charge on any atom is 0.252 e. The van der Waals surface area contributed by atoms with Crippen LogP contribution in [0, 0.1) is 6.92 Å². The zero-order valence-electron chi connectivity index (χ0n) is 17.3. The van der Waals surface area contributed by atoms with Gasteiger partial charge in [-0.1, -0.05) is 24.3 Å². The summed E-state index contributed by atoms with van der Waals surface area (Å²) < 4.78 is 4.92. The lowest BCUT2D eigenvalue weighted by Crippen LogP contribution is -2.29. The molecule has 3 aromatic rings. The zero-order chi connectivity index (χ0) is 21.3. The second kappa shape index (κ2) is 10.8. The lowest BCUT2D eigenvalue weighted by molar-refractivity contribution is -0.118. The minimum absolute atomic E-state index is 0.0816. The number of nitrogens with one attached hydrogen (secondary N) is 3. The van der Waals surface area contributed by atoms with Crippen molar-refractivity contribution in [1.82, 2.24) is 15.6 Å². The van der Waals surface area contributed by atoms with Crippen molar-refractivity contribution < 1.29 is 14.3 Å². The predicted octanol–water partition coefficient (Wildman–Crippen LogP) is 3.30. The highest BCUT2D eigenvalue weighted by Gasteiger charge is 2.13. The Morgan fingerprint density at radius 3 is 2.77 bits per heavy atom. The number of aromatic amines is 1. The van der Waals surface area contributed by atoms with Gasteiger partial charge in [-0.2, -0.15) is 0 Å². The number of amides is 2. The minimum Gasteiger partial charge on any atom is -0.383 e. The van der Waals surface area contributed by atoms with Gasteiger partial charge in [-0.3, -0.25) is 9.59 Å². The number of benzene rings is 2. The highest BCUT2D eigenvalue weighted by atomic mass is 32.2. The Morgan fingerprint density at radius 1 is 1.10 bits per heavy atom. The van der Waals surface area contributed by atoms with E-state index < -0.39 is 0 Å². The van der Waals surface area contributed by atoms with E-state index >= 15 is 0 Å². The molecule has 1 aromatic heterocycles. The molecule has 0 aliphatic heterocycles. The lowest BCUT2D eigenvalue weighted by atomic mass is 10.1. The number of ether oxygens (including phenoxy) is 1. The maximum absolute atomic E-state index is 12.7. The van der Waals surface area contributed by atoms with Crippen molar-refractivity contribution in [1.29, 1.82) is 0 Å². The van der Waals surface area contributed by atoms with Crippen molar-refractivity contribution in [2.45, 2.75) is 18.2 Å². The van der Waals surface area contributed by atoms with Crippen LogP contribution in [0.4, 0.5) is 0 Å². The standard InChI is InChI=1S/C23H27N3O3S/c1-16-7-8-18-17(14-26-20(18)13-16)9-10-25-23(28)19-5-3-4-6-21(19)30-15-22(27)24-11-12-29-2/h3-8,13-14,26H,9-12,15H2,1-2H3,(H,24,27)(H,25,28). The van der Waals surface area contributed by atoms with Gasteiger partial charge in [0.05, 0.1) is 17.9 Å². The fraction of sp³-hybridized carbons (Fsp3) is 0.304. The molecule has 2 amide bonds. The first kappa shape index (κ1) is 21.9. The predicted molar refractivity (Wildman–Crippen MR) is 121 cm³/mol. The van der Waals surface area contributed by atoms with E-state index in [0.29, 0.717) is 25.3 Å². The fourth-order valence-corrected chi connectivity index (χ4v) is 4.06. The van der Waals surface area contributed by atoms with E-state index in [4.69, 9.17) is 4.74 Å². The largest absolute Gasteiger partial charge is 0.383 e. The number of hydrogen-bond donors (Lipinski definition) is 3. The molecule has 0 aliphatic rings. The normalized spacial score (nSPS) is 10.9. The second-order valence-corrected chi connectivity index (χ2v) is 8.01. The summed E-state index contributed by atoms with van der Waals surface area (Å²) in [6, 6.07) is 13.7. The molecule has 0 radical (unpaired) electrons. The van der Waals surface area contributed by atoms with Gasteiger partial charge in [-0.25, -0.2) is 0 Å². The molecule has 3 N–H and O–H groups in total. The Balaban J connectivity index is 1.54. The van der Waals surface area contributed by atoms with Crippen LogP contribution < -0.4 is 10.6 Å². The minimum atomic E-state index is -0.131. The second-order valence-electron chi connectivity index (χ2n) is 7.00. The zero-order valence-corrected chi connectivity index (χ0v) is 18.1. The average molecular weight is 426 g/mol. The van der Waals surface area contributed by atoms with Crippen LogP contribution in [0.5, 0.6) is 0 Å². The summed E-state index contributed by atoms with van der Waals surface area (Å²) in [6.07, 6.45) is 2.74. The number of methoxy groups -OCH3 is 1. The highest BCUT2D eigenvalue weighted by molar-refractivity contribution is 8.00. The SMILES string of the molecule is COCCNC(=O)CSc1ccccc1C(=O)NCCc1c[nH]c2cc(C)ccc12. The number of hydrogen-bond acceptors (Lipinski definition) is 4. The Hall–Kier alpha value is -2.77. The first-order chi connectivity index (χ1) is 14.6. The molecular formula is C23H27N3O3S. The van der Waals surface area contributed by atoms with Gasteiger partial charge in [-0.15, -0.1) is 11.8 Å². The number of carbonyl (C=O) groups excluding carboxylic acids is 2. The van der Waals surface area contributed by atoms with E-state index in [0.717, 1.165) is 16.8 Å². The first-order valence-corrected chi connectivity index (χ1v) is 10.9. The maximum atomic E-state index is 12.7. The molecule has 6 nitrogen and oxygen atoms in total. The molecule has 0 bridgehead atoms. The van der Waals surface area contributed by atoms with Crippen molar-refractivity contribution in [2.75, 3.05) is 32.6 Å². The Kier molecular flexibility index (Phi) is 7.93. The molecule has 0 saturated carbocycles. The van der Waals surface area contributed by atoms with Crippen LogP contribution in [0.15, 0.2) is 53.6 Å². The summed E-state index contributed by atoms with van der Waals surface area (Å²) in [7, 11) is 1.59. The van der Waals surface area contributed by atoms with Gasteiger partial charge in [0.25, 0.3) is 5.91 Å². The van der Waals surface area contributed by atoms with Crippen LogP contribution in [0.25, 0.3) is 10.9 Å². The molecule has 0 spiro atoms. The number of fused-ring (bicyclic) bond motifs is 1. The molecule has 0 atom stereocenters. The fourth-order valence-electron chi connectivity index (χ4n) is 3.18. The Bertz CT molecular complexity index is 1020. The number of aryl methyl sites for hydroxylation is 1. The van der Waals surface area contributed by atoms with Crippen molar-refractivity contribution in [2.24, 2.45) is 0 Å². The summed E-state index contributed by atoms with van der Waals surface area (Å²) >= 11 is 1.36. The topological polar surface area (TPSA) is 83.2 Å². The summed E-state index contributed by atoms with van der Waals surface area (Å²) in [5.74, 6) is 0.0402. The summed E-state index contributed by atoms with van der Waals surface area (Å²) in [6.45, 7) is 3.56. The quantitative estimate of drug-likeness (QED) is 0.344. The van der Waals surface area contributed by atoms with Gasteiger partial charge in [-0.05, 0) is 42.7 Å². The molecule has 0 saturated heterocycles. The van der Waals surface area contributed by atoms with E-state index in [9.17, 15) is 9.59 Å². The highest BCUT2D eigenvalue weighted by Crippen LogP contribution is 2.23. The van der Waals surface area contributed by atoms with Crippen LogP contribution in [0.1, 0.15) is 21.5 Å². The van der Waals surface area contributed by atoms with Crippen LogP contribution >= 0.6 is 11.8 Å². The molecule has 0 fully saturated rings. The van der Waals surface area contributed by atoms with E-state index in [1.54, 1.807) is 13.2 Å². The van der Waals surface area contributed by atoms with Crippen LogP contribution in [-0.4, -0.2) is 49.4 Å². The Morgan fingerprint density at radius 2 is 1.93 bits per heavy atom. The molecular weight excluding hydrogens is 398 g/mol. The molecule has 3 rings (SSSR count). The number of rotatable bonds is 10. The van der Waals surface area contributed by atoms with Crippen LogP contribution in [-0.2, 0) is 16.0 Å². The molecule has 158 valence electrons. The third-order valence-electron chi connectivity index (χ3n) is 4.72. The lowest BCUT2D eigenvalue weighted by Gasteiger charge is -2.10. The van der Waals surface area contributed by atoms with Crippen molar-refractivity contribution in [3.63, 3.8) is 0 Å². The van der Waals surface area contributed by atoms with Gasteiger partial charge in [0.2, 0.25) is 5.91 Å². The summed E-state index contributed by atoms with van der Waals surface area (Å²) in [5.41, 5.74) is 4.09. The van der Waals surface area contributed by atoms with E-state index in [-0.39, 0.29) is 17.6 Å². The number of H-pyrrole nitrogens is 1. The number of thioether (sulfide) groups is 1.